The van der Waals surface area contributed by atoms with Gasteiger partial charge in [-0.25, -0.2) is 4.79 Å². The third-order valence-electron chi connectivity index (χ3n) is 3.73. The second-order valence-electron chi connectivity index (χ2n) is 5.09. The Morgan fingerprint density at radius 1 is 1.27 bits per heavy atom. The summed E-state index contributed by atoms with van der Waals surface area (Å²) in [6, 6.07) is 8.08. The molecule has 1 aliphatic heterocycles. The van der Waals surface area contributed by atoms with Crippen molar-refractivity contribution in [3.63, 3.8) is 0 Å². The quantitative estimate of drug-likeness (QED) is 0.780. The van der Waals surface area contributed by atoms with Gasteiger partial charge in [0, 0.05) is 32.7 Å². The lowest BCUT2D eigenvalue weighted by atomic mass is 10.2. The zero-order valence-electron chi connectivity index (χ0n) is 12.8. The van der Waals surface area contributed by atoms with Crippen LogP contribution in [-0.2, 0) is 0 Å². The van der Waals surface area contributed by atoms with Crippen LogP contribution >= 0.6 is 12.4 Å². The van der Waals surface area contributed by atoms with E-state index in [4.69, 9.17) is 9.84 Å². The Labute approximate surface area is 137 Å². The summed E-state index contributed by atoms with van der Waals surface area (Å²) in [6.07, 6.45) is -0.1000. The molecule has 1 aromatic carbocycles. The molecule has 2 rings (SSSR count). The molecule has 0 unspecified atom stereocenters. The minimum atomic E-state index is -0.948. The van der Waals surface area contributed by atoms with Crippen molar-refractivity contribution in [2.45, 2.75) is 6.42 Å². The Morgan fingerprint density at radius 3 is 2.59 bits per heavy atom. The number of nitrogens with zero attached hydrogens (tertiary/aromatic N) is 2. The van der Waals surface area contributed by atoms with Gasteiger partial charge in [0.2, 0.25) is 0 Å². The predicted octanol–water partition coefficient (Wildman–Crippen LogP) is 1.90. The number of carbonyl (C=O) groups is 1. The van der Waals surface area contributed by atoms with Gasteiger partial charge in [-0.2, -0.15) is 0 Å². The Bertz CT molecular complexity index is 465. The van der Waals surface area contributed by atoms with Gasteiger partial charge in [0.25, 0.3) is 0 Å². The minimum Gasteiger partial charge on any atom is -0.495 e. The van der Waals surface area contributed by atoms with E-state index in [9.17, 15) is 4.79 Å². The molecule has 0 saturated carbocycles. The Kier molecular flexibility index (Phi) is 7.84. The number of rotatable bonds is 6. The van der Waals surface area contributed by atoms with Crippen molar-refractivity contribution < 1.29 is 14.6 Å². The summed E-state index contributed by atoms with van der Waals surface area (Å²) in [6.45, 7) is 5.36. The lowest BCUT2D eigenvalue weighted by molar-refractivity contribution is 0.192. The maximum atomic E-state index is 10.4. The monoisotopic (exact) mass is 329 g/mol. The van der Waals surface area contributed by atoms with E-state index in [1.165, 1.54) is 0 Å². The third-order valence-corrected chi connectivity index (χ3v) is 3.73. The number of benzene rings is 1. The van der Waals surface area contributed by atoms with E-state index in [1.54, 1.807) is 7.11 Å². The summed E-state index contributed by atoms with van der Waals surface area (Å²) in [4.78, 5) is 15.1. The number of halogens is 1. The molecule has 0 spiro atoms. The van der Waals surface area contributed by atoms with Gasteiger partial charge in [-0.05, 0) is 25.1 Å². The fourth-order valence-corrected chi connectivity index (χ4v) is 2.60. The van der Waals surface area contributed by atoms with Gasteiger partial charge in [0.05, 0.1) is 12.8 Å². The molecule has 2 N–H and O–H groups in total. The molecule has 124 valence electrons. The zero-order valence-corrected chi connectivity index (χ0v) is 13.6. The number of ether oxygens (including phenoxy) is 1. The van der Waals surface area contributed by atoms with Crippen LogP contribution in [0, 0.1) is 0 Å². The Morgan fingerprint density at radius 2 is 1.95 bits per heavy atom. The summed E-state index contributed by atoms with van der Waals surface area (Å²) in [5.41, 5.74) is 1.15. The number of methoxy groups -OCH3 is 1. The van der Waals surface area contributed by atoms with Crippen molar-refractivity contribution in [3.8, 4) is 5.75 Å². The fraction of sp³-hybridized carbons (Fsp3) is 0.533. The average molecular weight is 330 g/mol. The molecular formula is C15H24ClN3O3. The molecule has 1 aliphatic rings. The summed E-state index contributed by atoms with van der Waals surface area (Å²) < 4.78 is 5.41. The standard InChI is InChI=1S/C15H23N3O3.ClH/c1-21-14-6-3-2-5-13(14)18-11-9-17(10-12-18)8-4-7-16-15(19)20;/h2-3,5-6,16H,4,7-12H2,1H3,(H,19,20);1H. The van der Waals surface area contributed by atoms with Crippen molar-refractivity contribution in [3.05, 3.63) is 24.3 Å². The van der Waals surface area contributed by atoms with Gasteiger partial charge >= 0.3 is 6.09 Å². The Hall–Kier alpha value is -1.66. The molecule has 0 atom stereocenters. The molecule has 7 heteroatoms. The van der Waals surface area contributed by atoms with Crippen LogP contribution in [0.5, 0.6) is 5.75 Å². The maximum Gasteiger partial charge on any atom is 0.404 e. The van der Waals surface area contributed by atoms with Crippen LogP contribution in [-0.4, -0.2) is 62.5 Å². The number of hydrogen-bond donors (Lipinski definition) is 2. The molecular weight excluding hydrogens is 306 g/mol. The lowest BCUT2D eigenvalue weighted by Crippen LogP contribution is -2.47. The first-order chi connectivity index (χ1) is 10.2. The number of hydrogen-bond acceptors (Lipinski definition) is 4. The number of piperazine rings is 1. The maximum absolute atomic E-state index is 10.4. The first-order valence-corrected chi connectivity index (χ1v) is 7.28. The van der Waals surface area contributed by atoms with E-state index in [2.05, 4.69) is 21.2 Å². The first kappa shape index (κ1) is 18.4. The van der Waals surface area contributed by atoms with E-state index < -0.39 is 6.09 Å². The molecule has 0 bridgehead atoms. The van der Waals surface area contributed by atoms with E-state index in [0.29, 0.717) is 6.54 Å². The topological polar surface area (TPSA) is 65.0 Å². The van der Waals surface area contributed by atoms with Crippen molar-refractivity contribution in [1.82, 2.24) is 10.2 Å². The predicted molar refractivity (Wildman–Crippen MR) is 89.5 cm³/mol. The molecule has 1 saturated heterocycles. The molecule has 1 fully saturated rings. The van der Waals surface area contributed by atoms with Gasteiger partial charge in [-0.15, -0.1) is 12.4 Å². The summed E-state index contributed by atoms with van der Waals surface area (Å²) in [7, 11) is 1.70. The molecule has 0 radical (unpaired) electrons. The highest BCUT2D eigenvalue weighted by molar-refractivity contribution is 5.85. The third kappa shape index (κ3) is 5.27. The Balaban J connectivity index is 0.00000242. The molecule has 22 heavy (non-hydrogen) atoms. The van der Waals surface area contributed by atoms with Crippen LogP contribution in [0.3, 0.4) is 0 Å². The van der Waals surface area contributed by atoms with Crippen LogP contribution < -0.4 is 15.0 Å². The number of nitrogens with one attached hydrogen (secondary N) is 1. The molecule has 1 aromatic rings. The lowest BCUT2D eigenvalue weighted by Gasteiger charge is -2.36. The highest BCUT2D eigenvalue weighted by atomic mass is 35.5. The molecule has 6 nitrogen and oxygen atoms in total. The van der Waals surface area contributed by atoms with Crippen LogP contribution in [0.4, 0.5) is 10.5 Å². The summed E-state index contributed by atoms with van der Waals surface area (Å²) >= 11 is 0. The first-order valence-electron chi connectivity index (χ1n) is 7.28. The molecule has 1 amide bonds. The molecule has 1 heterocycles. The second kappa shape index (κ2) is 9.38. The van der Waals surface area contributed by atoms with Crippen molar-refractivity contribution in [1.29, 1.82) is 0 Å². The van der Waals surface area contributed by atoms with Crippen LogP contribution in [0.15, 0.2) is 24.3 Å². The second-order valence-corrected chi connectivity index (χ2v) is 5.09. The normalized spacial score (nSPS) is 15.0. The van der Waals surface area contributed by atoms with Gasteiger partial charge in [0.1, 0.15) is 5.75 Å². The van der Waals surface area contributed by atoms with Crippen molar-refractivity contribution in [2.24, 2.45) is 0 Å². The van der Waals surface area contributed by atoms with E-state index in [0.717, 1.165) is 50.6 Å². The van der Waals surface area contributed by atoms with E-state index >= 15 is 0 Å². The van der Waals surface area contributed by atoms with Gasteiger partial charge in [-0.1, -0.05) is 12.1 Å². The summed E-state index contributed by atoms with van der Waals surface area (Å²) in [5.74, 6) is 0.914. The van der Waals surface area contributed by atoms with E-state index in [-0.39, 0.29) is 12.4 Å². The number of anilines is 1. The fourth-order valence-electron chi connectivity index (χ4n) is 2.60. The van der Waals surface area contributed by atoms with Crippen LogP contribution in [0.2, 0.25) is 0 Å². The average Bonchev–Trinajstić information content (AvgIpc) is 2.52. The zero-order chi connectivity index (χ0) is 15.1. The minimum absolute atomic E-state index is 0. The highest BCUT2D eigenvalue weighted by Crippen LogP contribution is 2.28. The summed E-state index contributed by atoms with van der Waals surface area (Å²) in [5, 5.41) is 10.9. The molecule has 0 aromatic heterocycles. The number of carboxylic acid groups (broad SMARTS) is 1. The smallest absolute Gasteiger partial charge is 0.404 e. The molecule has 0 aliphatic carbocycles. The van der Waals surface area contributed by atoms with E-state index in [1.807, 2.05) is 18.2 Å². The van der Waals surface area contributed by atoms with Crippen LogP contribution in [0.25, 0.3) is 0 Å². The van der Waals surface area contributed by atoms with Crippen molar-refractivity contribution in [2.75, 3.05) is 51.3 Å². The van der Waals surface area contributed by atoms with Gasteiger partial charge in [-0.3, -0.25) is 4.90 Å². The SMILES string of the molecule is COc1ccccc1N1CCN(CCCNC(=O)O)CC1.Cl. The van der Waals surface area contributed by atoms with Gasteiger partial charge < -0.3 is 20.1 Å². The number of amides is 1. The van der Waals surface area contributed by atoms with Crippen molar-refractivity contribution >= 4 is 24.2 Å². The van der Waals surface area contributed by atoms with Gasteiger partial charge in [0.15, 0.2) is 0 Å². The highest BCUT2D eigenvalue weighted by Gasteiger charge is 2.18. The largest absolute Gasteiger partial charge is 0.495 e. The number of para-hydroxylation sites is 2. The van der Waals surface area contributed by atoms with Crippen LogP contribution in [0.1, 0.15) is 6.42 Å².